The molecule has 1 aromatic carbocycles. The number of hydrogen-bond acceptors (Lipinski definition) is 4. The lowest BCUT2D eigenvalue weighted by atomic mass is 10.2. The maximum Gasteiger partial charge on any atom is 0.255 e. The fourth-order valence-electron chi connectivity index (χ4n) is 1.52. The van der Waals surface area contributed by atoms with Crippen molar-refractivity contribution in [2.24, 2.45) is 5.14 Å². The Morgan fingerprint density at radius 2 is 2.00 bits per heavy atom. The second-order valence-corrected chi connectivity index (χ2v) is 5.98. The second-order valence-electron chi connectivity index (χ2n) is 4.01. The molecule has 1 heterocycles. The number of halogens is 2. The summed E-state index contributed by atoms with van der Waals surface area (Å²) in [5.41, 5.74) is 0.0602. The first-order valence-corrected chi connectivity index (χ1v) is 7.45. The number of hydrogen-bond donors (Lipinski definition) is 2. The first-order chi connectivity index (χ1) is 9.77. The van der Waals surface area contributed by atoms with E-state index in [1.807, 2.05) is 0 Å². The fraction of sp³-hybridized carbons (Fsp3) is 0. The summed E-state index contributed by atoms with van der Waals surface area (Å²) < 4.78 is 35.5. The lowest BCUT2D eigenvalue weighted by Gasteiger charge is -2.08. The number of rotatable bonds is 3. The largest absolute Gasteiger partial charge is 0.321 e. The molecule has 0 bridgehead atoms. The highest BCUT2D eigenvalue weighted by molar-refractivity contribution is 7.89. The minimum atomic E-state index is -3.93. The number of nitrogens with two attached hydrogens (primary N) is 1. The van der Waals surface area contributed by atoms with Crippen molar-refractivity contribution in [1.29, 1.82) is 0 Å². The molecule has 110 valence electrons. The predicted octanol–water partition coefficient (Wildman–Crippen LogP) is 1.77. The molecule has 9 heteroatoms. The third-order valence-electron chi connectivity index (χ3n) is 2.50. The lowest BCUT2D eigenvalue weighted by molar-refractivity contribution is 0.102. The molecule has 1 aromatic heterocycles. The van der Waals surface area contributed by atoms with Gasteiger partial charge in [0.25, 0.3) is 5.91 Å². The van der Waals surface area contributed by atoms with Gasteiger partial charge >= 0.3 is 0 Å². The van der Waals surface area contributed by atoms with Gasteiger partial charge in [-0.3, -0.25) is 4.79 Å². The van der Waals surface area contributed by atoms with Gasteiger partial charge in [0.05, 0.1) is 15.6 Å². The van der Waals surface area contributed by atoms with Crippen LogP contribution >= 0.6 is 11.6 Å². The SMILES string of the molecule is NS(=O)(=O)c1ccc(Cl)c(NC(=O)c2ccnc(F)c2)c1. The zero-order valence-corrected chi connectivity index (χ0v) is 12.0. The lowest BCUT2D eigenvalue weighted by Crippen LogP contribution is -2.15. The fourth-order valence-corrected chi connectivity index (χ4v) is 2.22. The Morgan fingerprint density at radius 1 is 1.29 bits per heavy atom. The normalized spacial score (nSPS) is 11.2. The van der Waals surface area contributed by atoms with Crippen LogP contribution in [0.2, 0.25) is 5.02 Å². The Kier molecular flexibility index (Phi) is 4.21. The molecule has 2 aromatic rings. The molecule has 0 saturated carbocycles. The van der Waals surface area contributed by atoms with Crippen molar-refractivity contribution in [2.45, 2.75) is 4.90 Å². The second kappa shape index (κ2) is 5.76. The quantitative estimate of drug-likeness (QED) is 0.838. The number of anilines is 1. The number of nitrogens with one attached hydrogen (secondary N) is 1. The molecule has 0 fully saturated rings. The first kappa shape index (κ1) is 15.4. The van der Waals surface area contributed by atoms with Crippen molar-refractivity contribution in [2.75, 3.05) is 5.32 Å². The summed E-state index contributed by atoms with van der Waals surface area (Å²) in [6, 6.07) is 5.85. The predicted molar refractivity (Wildman–Crippen MR) is 75.0 cm³/mol. The van der Waals surface area contributed by atoms with Gasteiger partial charge in [0.15, 0.2) is 0 Å². The van der Waals surface area contributed by atoms with Crippen molar-refractivity contribution < 1.29 is 17.6 Å². The summed E-state index contributed by atoms with van der Waals surface area (Å²) in [4.78, 5) is 15.1. The average Bonchev–Trinajstić information content (AvgIpc) is 2.40. The highest BCUT2D eigenvalue weighted by Gasteiger charge is 2.14. The monoisotopic (exact) mass is 329 g/mol. The Labute approximate surface area is 124 Å². The molecular weight excluding hydrogens is 321 g/mol. The van der Waals surface area contributed by atoms with Crippen LogP contribution in [-0.2, 0) is 10.0 Å². The molecule has 0 atom stereocenters. The molecular formula is C12H9ClFN3O3S. The van der Waals surface area contributed by atoms with E-state index in [9.17, 15) is 17.6 Å². The highest BCUT2D eigenvalue weighted by Crippen LogP contribution is 2.25. The molecule has 6 nitrogen and oxygen atoms in total. The molecule has 3 N–H and O–H groups in total. The summed E-state index contributed by atoms with van der Waals surface area (Å²) in [5, 5.41) is 7.49. The molecule has 0 aliphatic rings. The number of benzene rings is 1. The molecule has 2 rings (SSSR count). The zero-order valence-electron chi connectivity index (χ0n) is 10.4. The van der Waals surface area contributed by atoms with Crippen molar-refractivity contribution in [3.8, 4) is 0 Å². The molecule has 0 radical (unpaired) electrons. The van der Waals surface area contributed by atoms with Gasteiger partial charge in [-0.1, -0.05) is 11.6 Å². The van der Waals surface area contributed by atoms with Crippen molar-refractivity contribution in [1.82, 2.24) is 4.98 Å². The molecule has 0 aliphatic carbocycles. The summed E-state index contributed by atoms with van der Waals surface area (Å²) >= 11 is 5.87. The maximum atomic E-state index is 13.0. The minimum Gasteiger partial charge on any atom is -0.321 e. The molecule has 1 amide bonds. The van der Waals surface area contributed by atoms with E-state index in [1.54, 1.807) is 0 Å². The molecule has 0 saturated heterocycles. The smallest absolute Gasteiger partial charge is 0.255 e. The van der Waals surface area contributed by atoms with E-state index in [2.05, 4.69) is 10.3 Å². The van der Waals surface area contributed by atoms with Crippen molar-refractivity contribution in [3.63, 3.8) is 0 Å². The molecule has 0 spiro atoms. The Balaban J connectivity index is 2.33. The van der Waals surface area contributed by atoms with Gasteiger partial charge in [0, 0.05) is 17.8 Å². The van der Waals surface area contributed by atoms with Gasteiger partial charge in [-0.05, 0) is 24.3 Å². The first-order valence-electron chi connectivity index (χ1n) is 5.52. The van der Waals surface area contributed by atoms with Crippen LogP contribution in [0, 0.1) is 5.95 Å². The number of carbonyl (C=O) groups excluding carboxylic acids is 1. The number of sulfonamides is 1. The summed E-state index contributed by atoms with van der Waals surface area (Å²) in [5.74, 6) is -1.48. The van der Waals surface area contributed by atoms with E-state index in [0.29, 0.717) is 0 Å². The summed E-state index contributed by atoms with van der Waals surface area (Å²) in [7, 11) is -3.93. The van der Waals surface area contributed by atoms with Gasteiger partial charge in [-0.2, -0.15) is 4.39 Å². The van der Waals surface area contributed by atoms with Gasteiger partial charge in [0.1, 0.15) is 0 Å². The molecule has 21 heavy (non-hydrogen) atoms. The van der Waals surface area contributed by atoms with E-state index in [-0.39, 0.29) is 21.2 Å². The standard InChI is InChI=1S/C12H9ClFN3O3S/c13-9-2-1-8(21(15,19)20)6-10(9)17-12(18)7-3-4-16-11(14)5-7/h1-6H,(H,17,18)(H2,15,19,20). The minimum absolute atomic E-state index is 0.0135. The number of carbonyl (C=O) groups is 1. The van der Waals surface area contributed by atoms with Gasteiger partial charge in [-0.25, -0.2) is 18.5 Å². The van der Waals surface area contributed by atoms with Crippen molar-refractivity contribution >= 4 is 33.2 Å². The van der Waals surface area contributed by atoms with Crippen LogP contribution in [0.1, 0.15) is 10.4 Å². The number of aromatic nitrogens is 1. The number of primary sulfonamides is 1. The van der Waals surface area contributed by atoms with E-state index in [4.69, 9.17) is 16.7 Å². The summed E-state index contributed by atoms with van der Waals surface area (Å²) in [6.07, 6.45) is 1.13. The third kappa shape index (κ3) is 3.75. The van der Waals surface area contributed by atoms with Crippen molar-refractivity contribution in [3.05, 3.63) is 53.1 Å². The van der Waals surface area contributed by atoms with Gasteiger partial charge < -0.3 is 5.32 Å². The number of pyridine rings is 1. The van der Waals surface area contributed by atoms with Crippen LogP contribution in [0.5, 0.6) is 0 Å². The third-order valence-corrected chi connectivity index (χ3v) is 3.74. The van der Waals surface area contributed by atoms with Crippen LogP contribution in [0.4, 0.5) is 10.1 Å². The Bertz CT molecular complexity index is 811. The Hall–Kier alpha value is -2.03. The average molecular weight is 330 g/mol. The van der Waals surface area contributed by atoms with Crippen LogP contribution in [0.15, 0.2) is 41.4 Å². The van der Waals surface area contributed by atoms with Crippen LogP contribution in [0.3, 0.4) is 0 Å². The molecule has 0 unspecified atom stereocenters. The van der Waals surface area contributed by atoms with E-state index in [0.717, 1.165) is 18.3 Å². The maximum absolute atomic E-state index is 13.0. The van der Waals surface area contributed by atoms with E-state index >= 15 is 0 Å². The van der Waals surface area contributed by atoms with Gasteiger partial charge in [0.2, 0.25) is 16.0 Å². The van der Waals surface area contributed by atoms with Gasteiger partial charge in [-0.15, -0.1) is 0 Å². The highest BCUT2D eigenvalue weighted by atomic mass is 35.5. The van der Waals surface area contributed by atoms with E-state index < -0.39 is 21.9 Å². The van der Waals surface area contributed by atoms with Crippen LogP contribution < -0.4 is 10.5 Å². The van der Waals surface area contributed by atoms with Crippen LogP contribution in [-0.4, -0.2) is 19.3 Å². The Morgan fingerprint density at radius 3 is 2.62 bits per heavy atom. The zero-order chi connectivity index (χ0) is 15.6. The van der Waals surface area contributed by atoms with E-state index in [1.165, 1.54) is 18.2 Å². The van der Waals surface area contributed by atoms with Crippen LogP contribution in [0.25, 0.3) is 0 Å². The topological polar surface area (TPSA) is 102 Å². The summed E-state index contributed by atoms with van der Waals surface area (Å²) in [6.45, 7) is 0. The number of amides is 1. The number of nitrogens with zero attached hydrogens (tertiary/aromatic N) is 1. The molecule has 0 aliphatic heterocycles.